The maximum atomic E-state index is 3.65. The van der Waals surface area contributed by atoms with Crippen LogP contribution in [0.5, 0.6) is 0 Å². The highest BCUT2D eigenvalue weighted by molar-refractivity contribution is 5.24. The Morgan fingerprint density at radius 1 is 1.62 bits per heavy atom. The Hall–Kier alpha value is -1.00. The zero-order valence-electron chi connectivity index (χ0n) is 5.15. The minimum Gasteiger partial charge on any atom is -0.125 e. The van der Waals surface area contributed by atoms with E-state index in [1.807, 2.05) is 13.0 Å². The Bertz CT molecular complexity index is 143. The molecule has 0 rings (SSSR count). The van der Waals surface area contributed by atoms with Gasteiger partial charge in [-0.25, -0.2) is 0 Å². The second-order valence-electron chi connectivity index (χ2n) is 1.38. The molecular weight excluding hydrogens is 96.1 g/mol. The van der Waals surface area contributed by atoms with Crippen molar-refractivity contribution in [3.05, 3.63) is 42.7 Å². The second-order valence-corrected chi connectivity index (χ2v) is 1.38. The molecule has 0 fully saturated rings. The summed E-state index contributed by atoms with van der Waals surface area (Å²) in [6.07, 6.45) is 5.30. The van der Waals surface area contributed by atoms with Crippen LogP contribution >= 0.6 is 0 Å². The van der Waals surface area contributed by atoms with Crippen LogP contribution in [-0.4, -0.2) is 0 Å². The molecule has 0 aliphatic heterocycles. The van der Waals surface area contributed by atoms with Crippen LogP contribution in [0.1, 0.15) is 6.92 Å². The maximum Gasteiger partial charge on any atom is -0.0137 e. The van der Waals surface area contributed by atoms with Gasteiger partial charge in [0, 0.05) is 0 Å². The van der Waals surface area contributed by atoms with Crippen molar-refractivity contribution in [2.24, 2.45) is 0 Å². The SMILES string of the molecule is C=CC(=C)C=C=CC. The van der Waals surface area contributed by atoms with Gasteiger partial charge in [0.1, 0.15) is 0 Å². The minimum absolute atomic E-state index is 0.892. The number of rotatable bonds is 2. The molecule has 0 unspecified atom stereocenters. The van der Waals surface area contributed by atoms with Gasteiger partial charge in [0.15, 0.2) is 0 Å². The van der Waals surface area contributed by atoms with E-state index >= 15 is 0 Å². The predicted octanol–water partition coefficient (Wildman–Crippen LogP) is 2.46. The summed E-state index contributed by atoms with van der Waals surface area (Å²) in [7, 11) is 0. The van der Waals surface area contributed by atoms with Crippen molar-refractivity contribution in [2.45, 2.75) is 6.92 Å². The Balaban J connectivity index is 3.89. The summed E-state index contributed by atoms with van der Waals surface area (Å²) in [5.41, 5.74) is 3.77. The lowest BCUT2D eigenvalue weighted by molar-refractivity contribution is 1.72. The number of hydrogen-bond donors (Lipinski definition) is 0. The van der Waals surface area contributed by atoms with E-state index in [2.05, 4.69) is 18.9 Å². The summed E-state index contributed by atoms with van der Waals surface area (Å²) in [4.78, 5) is 0. The van der Waals surface area contributed by atoms with Crippen molar-refractivity contribution in [1.82, 2.24) is 0 Å². The van der Waals surface area contributed by atoms with Gasteiger partial charge in [-0.05, 0) is 24.6 Å². The van der Waals surface area contributed by atoms with Gasteiger partial charge in [0.05, 0.1) is 0 Å². The first-order valence-electron chi connectivity index (χ1n) is 2.49. The Labute approximate surface area is 50.5 Å². The largest absolute Gasteiger partial charge is 0.125 e. The molecule has 0 heteroatoms. The molecule has 0 aromatic carbocycles. The molecule has 0 radical (unpaired) electrons. The van der Waals surface area contributed by atoms with E-state index in [9.17, 15) is 0 Å². The molecule has 0 spiro atoms. The first kappa shape index (κ1) is 7.00. The lowest BCUT2D eigenvalue weighted by Crippen LogP contribution is -1.57. The fourth-order valence-electron chi connectivity index (χ4n) is 0.249. The average molecular weight is 106 g/mol. The molecule has 0 aromatic rings. The molecule has 0 saturated carbocycles. The third kappa shape index (κ3) is 3.20. The lowest BCUT2D eigenvalue weighted by Gasteiger charge is -1.77. The molecule has 42 valence electrons. The van der Waals surface area contributed by atoms with Crippen LogP contribution in [0.2, 0.25) is 0 Å². The van der Waals surface area contributed by atoms with Crippen molar-refractivity contribution in [2.75, 3.05) is 0 Å². The highest BCUT2D eigenvalue weighted by atomic mass is 13.7. The molecule has 0 amide bonds. The van der Waals surface area contributed by atoms with E-state index < -0.39 is 0 Å². The Morgan fingerprint density at radius 3 is 2.62 bits per heavy atom. The lowest BCUT2D eigenvalue weighted by atomic mass is 10.3. The monoisotopic (exact) mass is 106 g/mol. The third-order valence-electron chi connectivity index (χ3n) is 0.698. The zero-order chi connectivity index (χ0) is 6.41. The molecule has 0 heterocycles. The van der Waals surface area contributed by atoms with Crippen LogP contribution in [0.15, 0.2) is 42.7 Å². The van der Waals surface area contributed by atoms with Crippen LogP contribution in [0.4, 0.5) is 0 Å². The minimum atomic E-state index is 0.892. The van der Waals surface area contributed by atoms with Crippen molar-refractivity contribution in [3.63, 3.8) is 0 Å². The number of allylic oxidation sites excluding steroid dienone is 3. The molecule has 0 nitrogen and oxygen atoms in total. The van der Waals surface area contributed by atoms with Gasteiger partial charge in [0.2, 0.25) is 0 Å². The third-order valence-corrected chi connectivity index (χ3v) is 0.698. The Kier molecular flexibility index (Phi) is 3.65. The van der Waals surface area contributed by atoms with Gasteiger partial charge < -0.3 is 0 Å². The van der Waals surface area contributed by atoms with Crippen LogP contribution in [0, 0.1) is 0 Å². The topological polar surface area (TPSA) is 0 Å². The molecule has 0 N–H and O–H groups in total. The van der Waals surface area contributed by atoms with E-state index in [4.69, 9.17) is 0 Å². The van der Waals surface area contributed by atoms with Crippen molar-refractivity contribution in [1.29, 1.82) is 0 Å². The molecule has 0 saturated heterocycles. The molecule has 0 aromatic heterocycles. The standard InChI is InChI=1S/C8H10/c1-4-6-7-8(3)5-2/h4-5,7H,2-3H2,1H3. The quantitative estimate of drug-likeness (QED) is 0.374. The molecule has 0 atom stereocenters. The molecular formula is C8H10. The molecule has 0 aliphatic carbocycles. The summed E-state index contributed by atoms with van der Waals surface area (Å²) >= 11 is 0. The highest BCUT2D eigenvalue weighted by Gasteiger charge is 1.69. The fraction of sp³-hybridized carbons (Fsp3) is 0.125. The van der Waals surface area contributed by atoms with Crippen molar-refractivity contribution >= 4 is 0 Å². The molecule has 0 aliphatic rings. The normalized spacial score (nSPS) is 6.62. The van der Waals surface area contributed by atoms with Gasteiger partial charge >= 0.3 is 0 Å². The average Bonchev–Trinajstić information content (AvgIpc) is 1.83. The first-order valence-corrected chi connectivity index (χ1v) is 2.49. The summed E-state index contributed by atoms with van der Waals surface area (Å²) < 4.78 is 0. The van der Waals surface area contributed by atoms with E-state index in [0.29, 0.717) is 0 Å². The van der Waals surface area contributed by atoms with Crippen molar-refractivity contribution in [3.8, 4) is 0 Å². The zero-order valence-corrected chi connectivity index (χ0v) is 5.15. The molecule has 0 bridgehead atoms. The highest BCUT2D eigenvalue weighted by Crippen LogP contribution is 1.89. The van der Waals surface area contributed by atoms with Gasteiger partial charge in [0.25, 0.3) is 0 Å². The first-order chi connectivity index (χ1) is 3.81. The summed E-state index contributed by atoms with van der Waals surface area (Å²) in [6, 6.07) is 0. The van der Waals surface area contributed by atoms with Gasteiger partial charge in [-0.15, -0.1) is 5.73 Å². The maximum absolute atomic E-state index is 3.65. The van der Waals surface area contributed by atoms with Gasteiger partial charge in [-0.3, -0.25) is 0 Å². The van der Waals surface area contributed by atoms with E-state index in [-0.39, 0.29) is 0 Å². The van der Waals surface area contributed by atoms with E-state index in [1.165, 1.54) is 0 Å². The second kappa shape index (κ2) is 4.17. The van der Waals surface area contributed by atoms with Crippen LogP contribution in [0.3, 0.4) is 0 Å². The van der Waals surface area contributed by atoms with Crippen LogP contribution < -0.4 is 0 Å². The molecule has 8 heavy (non-hydrogen) atoms. The summed E-state index contributed by atoms with van der Waals surface area (Å²) in [5.74, 6) is 0. The van der Waals surface area contributed by atoms with Crippen molar-refractivity contribution < 1.29 is 0 Å². The number of hydrogen-bond acceptors (Lipinski definition) is 0. The Morgan fingerprint density at radius 2 is 2.25 bits per heavy atom. The summed E-state index contributed by atoms with van der Waals surface area (Å²) in [6.45, 7) is 9.09. The predicted molar refractivity (Wildman–Crippen MR) is 37.7 cm³/mol. The van der Waals surface area contributed by atoms with E-state index in [1.54, 1.807) is 12.2 Å². The van der Waals surface area contributed by atoms with Gasteiger partial charge in [-0.1, -0.05) is 19.2 Å². The smallest absolute Gasteiger partial charge is 0.0137 e. The van der Waals surface area contributed by atoms with E-state index in [0.717, 1.165) is 5.57 Å². The van der Waals surface area contributed by atoms with Gasteiger partial charge in [-0.2, -0.15) is 0 Å². The summed E-state index contributed by atoms with van der Waals surface area (Å²) in [5, 5.41) is 0. The van der Waals surface area contributed by atoms with Crippen LogP contribution in [-0.2, 0) is 0 Å². The fourth-order valence-corrected chi connectivity index (χ4v) is 0.249. The van der Waals surface area contributed by atoms with Crippen LogP contribution in [0.25, 0.3) is 0 Å².